The highest BCUT2D eigenvalue weighted by atomic mass is 32.2. The fourth-order valence-corrected chi connectivity index (χ4v) is 5.24. The molecule has 2 aromatic carbocycles. The van der Waals surface area contributed by atoms with Crippen LogP contribution in [0.15, 0.2) is 54.6 Å². The molecule has 0 aliphatic carbocycles. The molecule has 1 saturated heterocycles. The molecule has 30 heavy (non-hydrogen) atoms. The summed E-state index contributed by atoms with van der Waals surface area (Å²) in [5, 5.41) is 3.04. The molecule has 0 bridgehead atoms. The van der Waals surface area contributed by atoms with Gasteiger partial charge in [0.25, 0.3) is 0 Å². The maximum Gasteiger partial charge on any atom is 0.237 e. The first-order valence-corrected chi connectivity index (χ1v) is 12.1. The second-order valence-electron chi connectivity index (χ2n) is 8.18. The predicted molar refractivity (Wildman–Crippen MR) is 119 cm³/mol. The molecule has 1 aliphatic rings. The van der Waals surface area contributed by atoms with Crippen LogP contribution < -0.4 is 10.0 Å². The maximum absolute atomic E-state index is 12.7. The van der Waals surface area contributed by atoms with Gasteiger partial charge in [-0.2, -0.15) is 0 Å². The van der Waals surface area contributed by atoms with Crippen LogP contribution in [0.3, 0.4) is 0 Å². The summed E-state index contributed by atoms with van der Waals surface area (Å²) in [6.07, 6.45) is 1.90. The number of carbonyl (C=O) groups is 1. The summed E-state index contributed by atoms with van der Waals surface area (Å²) in [5.74, 6) is 0.00477. The number of hydrogen-bond acceptors (Lipinski definition) is 4. The fraction of sp³-hybridized carbons (Fsp3) is 0.435. The van der Waals surface area contributed by atoms with Gasteiger partial charge in [-0.3, -0.25) is 9.69 Å². The number of hydrogen-bond donors (Lipinski definition) is 2. The van der Waals surface area contributed by atoms with Crippen LogP contribution >= 0.6 is 0 Å². The van der Waals surface area contributed by atoms with E-state index in [0.29, 0.717) is 6.54 Å². The average Bonchev–Trinajstić information content (AvgIpc) is 3.15. The molecule has 0 saturated carbocycles. The van der Waals surface area contributed by atoms with Crippen LogP contribution in [0.4, 0.5) is 0 Å². The molecule has 1 unspecified atom stereocenters. The Bertz CT molecular complexity index is 928. The number of rotatable bonds is 9. The lowest BCUT2D eigenvalue weighted by molar-refractivity contribution is -0.125. The second-order valence-corrected chi connectivity index (χ2v) is 9.93. The first-order chi connectivity index (χ1) is 14.3. The SMILES string of the molecule is CC(C)NS(=O)(=O)Cc1ccc(CNC(=O)C2CCCN2Cc2ccccc2)cc1. The molecule has 1 atom stereocenters. The highest BCUT2D eigenvalue weighted by Crippen LogP contribution is 2.20. The Morgan fingerprint density at radius 1 is 1.03 bits per heavy atom. The number of nitrogens with one attached hydrogen (secondary N) is 2. The standard InChI is InChI=1S/C23H31N3O3S/c1-18(2)25-30(28,29)17-21-12-10-19(11-13-21)15-24-23(27)22-9-6-14-26(22)16-20-7-4-3-5-8-20/h3-5,7-8,10-13,18,22,25H,6,9,14-17H2,1-2H3,(H,24,27). The maximum atomic E-state index is 12.7. The van der Waals surface area contributed by atoms with E-state index in [-0.39, 0.29) is 23.7 Å². The third-order valence-corrected chi connectivity index (χ3v) is 6.70. The Kier molecular flexibility index (Phi) is 7.64. The van der Waals surface area contributed by atoms with Gasteiger partial charge in [0.1, 0.15) is 0 Å². The zero-order valence-corrected chi connectivity index (χ0v) is 18.5. The van der Waals surface area contributed by atoms with Gasteiger partial charge in [-0.05, 0) is 49.9 Å². The molecular formula is C23H31N3O3S. The molecule has 2 N–H and O–H groups in total. The van der Waals surface area contributed by atoms with Crippen LogP contribution in [-0.2, 0) is 33.7 Å². The smallest absolute Gasteiger partial charge is 0.237 e. The quantitative estimate of drug-likeness (QED) is 0.643. The van der Waals surface area contributed by atoms with E-state index in [1.54, 1.807) is 26.0 Å². The zero-order valence-electron chi connectivity index (χ0n) is 17.7. The number of amides is 1. The first kappa shape index (κ1) is 22.5. The summed E-state index contributed by atoms with van der Waals surface area (Å²) in [6.45, 7) is 5.75. The van der Waals surface area contributed by atoms with Crippen molar-refractivity contribution in [1.29, 1.82) is 0 Å². The number of sulfonamides is 1. The van der Waals surface area contributed by atoms with Crippen molar-refractivity contribution in [2.45, 2.75) is 57.6 Å². The van der Waals surface area contributed by atoms with Gasteiger partial charge in [-0.15, -0.1) is 0 Å². The Morgan fingerprint density at radius 2 is 1.70 bits per heavy atom. The van der Waals surface area contributed by atoms with Crippen molar-refractivity contribution in [2.75, 3.05) is 6.54 Å². The van der Waals surface area contributed by atoms with E-state index in [2.05, 4.69) is 27.1 Å². The minimum atomic E-state index is -3.34. The van der Waals surface area contributed by atoms with Gasteiger partial charge in [-0.25, -0.2) is 13.1 Å². The average molecular weight is 430 g/mol. The van der Waals surface area contributed by atoms with Crippen LogP contribution in [-0.4, -0.2) is 37.9 Å². The number of carbonyl (C=O) groups excluding carboxylic acids is 1. The molecule has 3 rings (SSSR count). The molecular weight excluding hydrogens is 398 g/mol. The molecule has 2 aromatic rings. The van der Waals surface area contributed by atoms with Crippen LogP contribution in [0.5, 0.6) is 0 Å². The Balaban J connectivity index is 1.51. The van der Waals surface area contributed by atoms with Crippen molar-refractivity contribution in [2.24, 2.45) is 0 Å². The Labute approximate surface area is 179 Å². The first-order valence-electron chi connectivity index (χ1n) is 10.5. The fourth-order valence-electron chi connectivity index (χ4n) is 3.81. The molecule has 7 heteroatoms. The summed E-state index contributed by atoms with van der Waals surface area (Å²) in [6, 6.07) is 17.3. The van der Waals surface area contributed by atoms with Crippen LogP contribution in [0.1, 0.15) is 43.4 Å². The van der Waals surface area contributed by atoms with Gasteiger partial charge in [-0.1, -0.05) is 54.6 Å². The monoisotopic (exact) mass is 429 g/mol. The molecule has 0 aromatic heterocycles. The summed E-state index contributed by atoms with van der Waals surface area (Å²) < 4.78 is 26.7. The van der Waals surface area contributed by atoms with Gasteiger partial charge in [0.15, 0.2) is 0 Å². The van der Waals surface area contributed by atoms with Gasteiger partial charge in [0.05, 0.1) is 11.8 Å². The molecule has 1 amide bonds. The van der Waals surface area contributed by atoms with Crippen molar-refractivity contribution in [3.8, 4) is 0 Å². The van der Waals surface area contributed by atoms with Gasteiger partial charge >= 0.3 is 0 Å². The predicted octanol–water partition coefficient (Wildman–Crippen LogP) is 2.80. The summed E-state index contributed by atoms with van der Waals surface area (Å²) >= 11 is 0. The minimum absolute atomic E-state index is 0.0473. The van der Waals surface area contributed by atoms with E-state index in [1.165, 1.54) is 5.56 Å². The van der Waals surface area contributed by atoms with Crippen LogP contribution in [0.25, 0.3) is 0 Å². The highest BCUT2D eigenvalue weighted by molar-refractivity contribution is 7.88. The molecule has 6 nitrogen and oxygen atoms in total. The summed E-state index contributed by atoms with van der Waals surface area (Å²) in [5.41, 5.74) is 2.90. The topological polar surface area (TPSA) is 78.5 Å². The van der Waals surface area contributed by atoms with E-state index < -0.39 is 10.0 Å². The molecule has 1 aliphatic heterocycles. The van der Waals surface area contributed by atoms with Crippen LogP contribution in [0, 0.1) is 0 Å². The van der Waals surface area contributed by atoms with Crippen molar-refractivity contribution in [3.63, 3.8) is 0 Å². The molecule has 1 heterocycles. The van der Waals surface area contributed by atoms with Gasteiger partial charge in [0, 0.05) is 19.1 Å². The van der Waals surface area contributed by atoms with E-state index in [0.717, 1.165) is 37.1 Å². The van der Waals surface area contributed by atoms with E-state index in [9.17, 15) is 13.2 Å². The van der Waals surface area contributed by atoms with E-state index in [4.69, 9.17) is 0 Å². The van der Waals surface area contributed by atoms with Crippen molar-refractivity contribution in [1.82, 2.24) is 14.9 Å². The number of likely N-dealkylation sites (tertiary alicyclic amines) is 1. The lowest BCUT2D eigenvalue weighted by Crippen LogP contribution is -2.42. The zero-order chi connectivity index (χ0) is 21.6. The number of benzene rings is 2. The minimum Gasteiger partial charge on any atom is -0.351 e. The third kappa shape index (κ3) is 6.65. The largest absolute Gasteiger partial charge is 0.351 e. The van der Waals surface area contributed by atoms with Crippen molar-refractivity contribution in [3.05, 3.63) is 71.3 Å². The lowest BCUT2D eigenvalue weighted by Gasteiger charge is -2.23. The molecule has 0 radical (unpaired) electrons. The van der Waals surface area contributed by atoms with Gasteiger partial charge in [0.2, 0.25) is 15.9 Å². The highest BCUT2D eigenvalue weighted by Gasteiger charge is 2.30. The number of nitrogens with zero attached hydrogens (tertiary/aromatic N) is 1. The second kappa shape index (κ2) is 10.2. The van der Waals surface area contributed by atoms with Crippen LogP contribution in [0.2, 0.25) is 0 Å². The van der Waals surface area contributed by atoms with Crippen molar-refractivity contribution < 1.29 is 13.2 Å². The summed E-state index contributed by atoms with van der Waals surface area (Å²) in [7, 11) is -3.34. The normalized spacial score (nSPS) is 17.4. The molecule has 0 spiro atoms. The van der Waals surface area contributed by atoms with E-state index in [1.807, 2.05) is 30.3 Å². The Hall–Kier alpha value is -2.22. The summed E-state index contributed by atoms with van der Waals surface area (Å²) in [4.78, 5) is 15.0. The lowest BCUT2D eigenvalue weighted by atomic mass is 10.1. The Morgan fingerprint density at radius 3 is 2.37 bits per heavy atom. The molecule has 1 fully saturated rings. The van der Waals surface area contributed by atoms with Gasteiger partial charge < -0.3 is 5.32 Å². The molecule has 162 valence electrons. The van der Waals surface area contributed by atoms with Crippen molar-refractivity contribution >= 4 is 15.9 Å². The van der Waals surface area contributed by atoms with E-state index >= 15 is 0 Å². The third-order valence-electron chi connectivity index (χ3n) is 5.16.